The number of benzene rings is 2. The molecule has 3 heterocycles. The van der Waals surface area contributed by atoms with E-state index in [1.54, 1.807) is 29.7 Å². The number of amides is 1. The Morgan fingerprint density at radius 2 is 1.86 bits per heavy atom. The Morgan fingerprint density at radius 3 is 2.52 bits per heavy atom. The number of para-hydroxylation sites is 1. The number of thiazole rings is 1. The second-order valence-corrected chi connectivity index (χ2v) is 10.8. The van der Waals surface area contributed by atoms with Crippen LogP contribution < -0.4 is 19.5 Å². The van der Waals surface area contributed by atoms with Crippen LogP contribution >= 0.6 is 11.3 Å². The van der Waals surface area contributed by atoms with Crippen molar-refractivity contribution in [3.05, 3.63) is 91.2 Å². The number of nitriles is 1. The summed E-state index contributed by atoms with van der Waals surface area (Å²) < 4.78 is 28.8. The quantitative estimate of drug-likeness (QED) is 0.278. The van der Waals surface area contributed by atoms with Crippen molar-refractivity contribution in [2.45, 2.75) is 32.7 Å². The van der Waals surface area contributed by atoms with Gasteiger partial charge in [0.05, 0.1) is 21.5 Å². The summed E-state index contributed by atoms with van der Waals surface area (Å²) in [6.45, 7) is 3.68. The van der Waals surface area contributed by atoms with Crippen molar-refractivity contribution in [1.29, 1.82) is 5.26 Å². The summed E-state index contributed by atoms with van der Waals surface area (Å²) in [5.41, 5.74) is 1.50. The van der Waals surface area contributed by atoms with Crippen LogP contribution in [0.5, 0.6) is 11.6 Å². The van der Waals surface area contributed by atoms with Crippen LogP contribution in [-0.4, -0.2) is 52.0 Å². The van der Waals surface area contributed by atoms with Gasteiger partial charge in [-0.25, -0.2) is 4.39 Å². The van der Waals surface area contributed by atoms with E-state index >= 15 is 0 Å². The van der Waals surface area contributed by atoms with Crippen LogP contribution in [0.15, 0.2) is 59.4 Å². The molecule has 0 bridgehead atoms. The first-order valence-corrected chi connectivity index (χ1v) is 14.5. The number of hydrogen-bond donors (Lipinski definition) is 0. The summed E-state index contributed by atoms with van der Waals surface area (Å²) in [7, 11) is 1.58. The van der Waals surface area contributed by atoms with Gasteiger partial charge in [0.25, 0.3) is 11.5 Å². The highest BCUT2D eigenvalue weighted by Gasteiger charge is 2.25. The van der Waals surface area contributed by atoms with Crippen molar-refractivity contribution in [1.82, 2.24) is 19.2 Å². The first-order chi connectivity index (χ1) is 20.4. The molecule has 5 rings (SSSR count). The molecular weight excluding hydrogens is 557 g/mol. The molecule has 0 saturated carbocycles. The topological polar surface area (TPSA) is 102 Å². The molecular formula is C31H30FN5O4S. The Hall–Kier alpha value is -4.53. The number of rotatable bonds is 9. The lowest BCUT2D eigenvalue weighted by atomic mass is 10.2. The van der Waals surface area contributed by atoms with Gasteiger partial charge in [-0.15, -0.1) is 11.3 Å². The van der Waals surface area contributed by atoms with Gasteiger partial charge in [-0.2, -0.15) is 15.0 Å². The van der Waals surface area contributed by atoms with E-state index in [0.717, 1.165) is 29.9 Å². The molecule has 1 amide bonds. The summed E-state index contributed by atoms with van der Waals surface area (Å²) >= 11 is 1.09. The molecule has 0 radical (unpaired) electrons. The Bertz CT molecular complexity index is 1800. The second-order valence-electron chi connectivity index (χ2n) is 9.81. The number of hydrogen-bond acceptors (Lipinski definition) is 7. The minimum Gasteiger partial charge on any atom is -0.438 e. The monoisotopic (exact) mass is 587 g/mol. The molecule has 0 spiro atoms. The highest BCUT2D eigenvalue weighted by molar-refractivity contribution is 7.07. The molecule has 0 aliphatic carbocycles. The van der Waals surface area contributed by atoms with E-state index in [-0.39, 0.29) is 23.6 Å². The number of carbonyl (C=O) groups excluding carboxylic acids is 1. The molecule has 0 N–H and O–H groups in total. The standard InChI is InChI=1S/C31H30FN5O4S/c1-21-25(30(41-24-13-11-22(32)12-14-24)37(34-21)23-9-4-3-5-10-23)19-27-29(39)36(17-8-18-40-2)31(42-27)26(20-33)28(38)35-15-6-7-16-35/h3-5,9-14,19H,6-8,15-18H2,1-2H3/b27-19+,31-26-. The fourth-order valence-corrected chi connectivity index (χ4v) is 5.91. The summed E-state index contributed by atoms with van der Waals surface area (Å²) in [4.78, 5) is 28.7. The van der Waals surface area contributed by atoms with Crippen LogP contribution in [0.25, 0.3) is 17.3 Å². The summed E-state index contributed by atoms with van der Waals surface area (Å²) in [6.07, 6.45) is 3.98. The number of aromatic nitrogens is 3. The van der Waals surface area contributed by atoms with Gasteiger partial charge in [0.15, 0.2) is 5.57 Å². The maximum absolute atomic E-state index is 13.8. The zero-order chi connectivity index (χ0) is 29.6. The zero-order valence-electron chi connectivity index (χ0n) is 23.4. The molecule has 1 aliphatic rings. The highest BCUT2D eigenvalue weighted by Crippen LogP contribution is 2.31. The first kappa shape index (κ1) is 29.0. The number of ether oxygens (including phenoxy) is 2. The van der Waals surface area contributed by atoms with Gasteiger partial charge < -0.3 is 14.4 Å². The van der Waals surface area contributed by atoms with Crippen LogP contribution in [0.3, 0.4) is 0 Å². The third kappa shape index (κ3) is 6.05. The lowest BCUT2D eigenvalue weighted by Gasteiger charge is -2.14. The van der Waals surface area contributed by atoms with Crippen molar-refractivity contribution in [2.24, 2.45) is 0 Å². The maximum Gasteiger partial charge on any atom is 0.269 e. The van der Waals surface area contributed by atoms with Crippen LogP contribution in [0.2, 0.25) is 0 Å². The van der Waals surface area contributed by atoms with E-state index in [9.17, 15) is 19.2 Å². The van der Waals surface area contributed by atoms with Crippen LogP contribution in [-0.2, 0) is 16.1 Å². The Labute approximate surface area is 246 Å². The van der Waals surface area contributed by atoms with Crippen LogP contribution in [0.4, 0.5) is 4.39 Å². The van der Waals surface area contributed by atoms with E-state index in [1.807, 2.05) is 30.3 Å². The van der Waals surface area contributed by atoms with Crippen molar-refractivity contribution >= 4 is 28.9 Å². The van der Waals surface area contributed by atoms with Gasteiger partial charge in [0.1, 0.15) is 22.3 Å². The normalized spacial score (nSPS) is 14.2. The number of halogens is 1. The molecule has 0 unspecified atom stereocenters. The molecule has 1 fully saturated rings. The molecule has 9 nitrogen and oxygen atoms in total. The average Bonchev–Trinajstić information content (AvgIpc) is 3.72. The highest BCUT2D eigenvalue weighted by atomic mass is 32.1. The predicted molar refractivity (Wildman–Crippen MR) is 157 cm³/mol. The van der Waals surface area contributed by atoms with E-state index in [2.05, 4.69) is 11.2 Å². The fourth-order valence-electron chi connectivity index (χ4n) is 4.81. The molecule has 1 saturated heterocycles. The zero-order valence-corrected chi connectivity index (χ0v) is 24.2. The number of methoxy groups -OCH3 is 1. The van der Waals surface area contributed by atoms with Gasteiger partial charge in [-0.3, -0.25) is 14.2 Å². The molecule has 0 atom stereocenters. The Balaban J connectivity index is 1.71. The predicted octanol–water partition coefficient (Wildman–Crippen LogP) is 3.50. The van der Waals surface area contributed by atoms with Crippen molar-refractivity contribution in [2.75, 3.05) is 26.8 Å². The van der Waals surface area contributed by atoms with Gasteiger partial charge in [-0.05, 0) is 68.7 Å². The summed E-state index contributed by atoms with van der Waals surface area (Å²) in [6, 6.07) is 17.1. The number of nitrogens with zero attached hydrogens (tertiary/aromatic N) is 5. The van der Waals surface area contributed by atoms with E-state index in [0.29, 0.717) is 58.2 Å². The van der Waals surface area contributed by atoms with Crippen LogP contribution in [0.1, 0.15) is 30.5 Å². The molecule has 1 aliphatic heterocycles. The van der Waals surface area contributed by atoms with Crippen LogP contribution in [0, 0.1) is 24.1 Å². The Kier molecular flexibility index (Phi) is 8.95. The van der Waals surface area contributed by atoms with Gasteiger partial charge in [-0.1, -0.05) is 18.2 Å². The molecule has 2 aromatic carbocycles. The third-order valence-corrected chi connectivity index (χ3v) is 8.07. The molecule has 11 heteroatoms. The van der Waals surface area contributed by atoms with Gasteiger partial charge >= 0.3 is 0 Å². The summed E-state index contributed by atoms with van der Waals surface area (Å²) in [5.74, 6) is -0.0294. The van der Waals surface area contributed by atoms with Crippen molar-refractivity contribution < 1.29 is 18.7 Å². The maximum atomic E-state index is 13.8. The van der Waals surface area contributed by atoms with E-state index < -0.39 is 5.82 Å². The third-order valence-electron chi connectivity index (χ3n) is 6.94. The number of likely N-dealkylation sites (tertiary alicyclic amines) is 1. The smallest absolute Gasteiger partial charge is 0.269 e. The summed E-state index contributed by atoms with van der Waals surface area (Å²) in [5, 5.41) is 14.7. The minimum atomic E-state index is -0.393. The minimum absolute atomic E-state index is 0.0458. The number of aryl methyl sites for hydroxylation is 1. The molecule has 42 heavy (non-hydrogen) atoms. The average molecular weight is 588 g/mol. The van der Waals surface area contributed by atoms with Crippen molar-refractivity contribution in [3.63, 3.8) is 0 Å². The van der Waals surface area contributed by atoms with E-state index in [4.69, 9.17) is 9.47 Å². The lowest BCUT2D eigenvalue weighted by Crippen LogP contribution is -2.36. The Morgan fingerprint density at radius 1 is 1.14 bits per heavy atom. The first-order valence-electron chi connectivity index (χ1n) is 13.6. The van der Waals surface area contributed by atoms with Gasteiger partial charge in [0, 0.05) is 33.4 Å². The largest absolute Gasteiger partial charge is 0.438 e. The molecule has 216 valence electrons. The molecule has 4 aromatic rings. The van der Waals surface area contributed by atoms with Gasteiger partial charge in [0.2, 0.25) is 5.88 Å². The SMILES string of the molecule is COCCCn1c(=O)/c(=C\c2c(C)nn(-c3ccccc3)c2Oc2ccc(F)cc2)s/c1=C(/C#N)C(=O)N1CCCC1. The number of carbonyl (C=O) groups is 1. The van der Waals surface area contributed by atoms with Crippen molar-refractivity contribution in [3.8, 4) is 23.4 Å². The second kappa shape index (κ2) is 13.0. The fraction of sp³-hybridized carbons (Fsp3) is 0.290. The molecule has 2 aromatic heterocycles. The van der Waals surface area contributed by atoms with E-state index in [1.165, 1.54) is 28.8 Å². The lowest BCUT2D eigenvalue weighted by molar-refractivity contribution is -0.123.